The number of aliphatic hydroxyl groups excluding tert-OH is 2. The molecule has 4 nitrogen and oxygen atoms in total. The molecule has 0 spiro atoms. The molecule has 1 radical (unpaired) electrons. The standard InChI is InChI=1S/C2H6O2.BH2O2/c3-1-2-4;2-1-3/h3-4H,1-2H2;2-3H. The fraction of sp³-hybridized carbons (Fsp3) is 1.00. The molecule has 0 aromatic heterocycles. The van der Waals surface area contributed by atoms with Crippen LogP contribution in [0.3, 0.4) is 0 Å². The monoisotopic (exact) mass is 107 g/mol. The Labute approximate surface area is 42.3 Å². The molecule has 0 saturated heterocycles. The van der Waals surface area contributed by atoms with E-state index in [9.17, 15) is 0 Å². The summed E-state index contributed by atoms with van der Waals surface area (Å²) in [4.78, 5) is 0. The Balaban J connectivity index is 0. The summed E-state index contributed by atoms with van der Waals surface area (Å²) < 4.78 is 0. The van der Waals surface area contributed by atoms with Crippen molar-refractivity contribution in [1.82, 2.24) is 0 Å². The summed E-state index contributed by atoms with van der Waals surface area (Å²) in [5.74, 6) is 0. The molecule has 0 unspecified atom stereocenters. The predicted octanol–water partition coefficient (Wildman–Crippen LogP) is -2.52. The van der Waals surface area contributed by atoms with Gasteiger partial charge in [-0.3, -0.25) is 0 Å². The van der Waals surface area contributed by atoms with Crippen molar-refractivity contribution in [3.8, 4) is 0 Å². The molecule has 0 aromatic carbocycles. The van der Waals surface area contributed by atoms with Crippen molar-refractivity contribution >= 4 is 7.69 Å². The van der Waals surface area contributed by atoms with Crippen LogP contribution < -0.4 is 0 Å². The molecule has 7 heavy (non-hydrogen) atoms. The smallest absolute Gasteiger partial charge is 0.429 e. The SMILES string of the molecule is OCCO.O[B]O. The van der Waals surface area contributed by atoms with Crippen LogP contribution in [-0.2, 0) is 0 Å². The number of hydrogen-bond donors (Lipinski definition) is 4. The lowest BCUT2D eigenvalue weighted by Crippen LogP contribution is -1.85. The quantitative estimate of drug-likeness (QED) is 0.278. The Kier molecular flexibility index (Phi) is 24.1. The fourth-order valence-corrected chi connectivity index (χ4v) is 0. The summed E-state index contributed by atoms with van der Waals surface area (Å²) >= 11 is 0. The van der Waals surface area contributed by atoms with Crippen molar-refractivity contribution in [2.45, 2.75) is 0 Å². The Bertz CT molecular complexity index is 17.2. The summed E-state index contributed by atoms with van der Waals surface area (Å²) in [6, 6.07) is 0. The maximum atomic E-state index is 7.62. The fourth-order valence-electron chi connectivity index (χ4n) is 0. The van der Waals surface area contributed by atoms with Gasteiger partial charge in [-0.15, -0.1) is 0 Å². The molecular formula is C2H8BO4. The predicted molar refractivity (Wildman–Crippen MR) is 24.4 cm³/mol. The van der Waals surface area contributed by atoms with Gasteiger partial charge in [-0.2, -0.15) is 0 Å². The molecule has 0 bridgehead atoms. The van der Waals surface area contributed by atoms with Gasteiger partial charge in [0.2, 0.25) is 0 Å². The molecule has 0 atom stereocenters. The van der Waals surface area contributed by atoms with Gasteiger partial charge < -0.3 is 20.3 Å². The van der Waals surface area contributed by atoms with Crippen molar-refractivity contribution in [3.05, 3.63) is 0 Å². The van der Waals surface area contributed by atoms with Gasteiger partial charge in [-0.1, -0.05) is 0 Å². The highest BCUT2D eigenvalue weighted by Crippen LogP contribution is 1.39. The van der Waals surface area contributed by atoms with Crippen LogP contribution in [0.2, 0.25) is 0 Å². The highest BCUT2D eigenvalue weighted by molar-refractivity contribution is 6.13. The summed E-state index contributed by atoms with van der Waals surface area (Å²) in [5.41, 5.74) is 0. The normalized spacial score (nSPS) is 6.29. The van der Waals surface area contributed by atoms with E-state index < -0.39 is 0 Å². The van der Waals surface area contributed by atoms with E-state index in [1.165, 1.54) is 0 Å². The van der Waals surface area contributed by atoms with Gasteiger partial charge in [-0.25, -0.2) is 0 Å². The van der Waals surface area contributed by atoms with Gasteiger partial charge in [-0.05, 0) is 0 Å². The highest BCUT2D eigenvalue weighted by atomic mass is 16.4. The summed E-state index contributed by atoms with van der Waals surface area (Å²) in [5, 5.41) is 29.2. The molecule has 0 aliphatic rings. The zero-order valence-electron chi connectivity index (χ0n) is 3.78. The maximum Gasteiger partial charge on any atom is 0.482 e. The second-order valence-corrected chi connectivity index (χ2v) is 0.563. The molecule has 0 aromatic rings. The van der Waals surface area contributed by atoms with E-state index in [0.29, 0.717) is 0 Å². The number of hydrogen-bond acceptors (Lipinski definition) is 4. The van der Waals surface area contributed by atoms with Crippen LogP contribution in [0.15, 0.2) is 0 Å². The molecule has 0 saturated carbocycles. The van der Waals surface area contributed by atoms with Gasteiger partial charge >= 0.3 is 7.69 Å². The molecule has 0 aliphatic carbocycles. The van der Waals surface area contributed by atoms with Gasteiger partial charge in [0.1, 0.15) is 0 Å². The third kappa shape index (κ3) is 110. The Morgan fingerprint density at radius 1 is 1.00 bits per heavy atom. The molecule has 5 heteroatoms. The second kappa shape index (κ2) is 16.8. The lowest BCUT2D eigenvalue weighted by molar-refractivity contribution is 0.186. The van der Waals surface area contributed by atoms with Crippen molar-refractivity contribution < 1.29 is 20.3 Å². The molecule has 0 rings (SSSR count). The second-order valence-electron chi connectivity index (χ2n) is 0.563. The Morgan fingerprint density at radius 2 is 1.14 bits per heavy atom. The zero-order chi connectivity index (χ0) is 6.12. The van der Waals surface area contributed by atoms with Crippen LogP contribution >= 0.6 is 0 Å². The van der Waals surface area contributed by atoms with E-state index in [1.807, 2.05) is 0 Å². The number of aliphatic hydroxyl groups is 2. The maximum absolute atomic E-state index is 7.62. The molecule has 43 valence electrons. The molecule has 0 fully saturated rings. The lowest BCUT2D eigenvalue weighted by atomic mass is 10.5. The van der Waals surface area contributed by atoms with Crippen molar-refractivity contribution in [2.24, 2.45) is 0 Å². The van der Waals surface area contributed by atoms with Crippen LogP contribution in [0.25, 0.3) is 0 Å². The molecular weight excluding hydrogens is 98.8 g/mol. The van der Waals surface area contributed by atoms with E-state index in [-0.39, 0.29) is 20.9 Å². The van der Waals surface area contributed by atoms with Crippen LogP contribution in [-0.4, -0.2) is 41.2 Å². The van der Waals surface area contributed by atoms with Crippen molar-refractivity contribution in [2.75, 3.05) is 13.2 Å². The van der Waals surface area contributed by atoms with Crippen molar-refractivity contribution in [3.63, 3.8) is 0 Å². The Morgan fingerprint density at radius 3 is 1.14 bits per heavy atom. The van der Waals surface area contributed by atoms with E-state index in [4.69, 9.17) is 20.3 Å². The average Bonchev–Trinajstić information content (AvgIpc) is 1.69. The van der Waals surface area contributed by atoms with Gasteiger partial charge in [0.15, 0.2) is 0 Å². The average molecular weight is 107 g/mol. The zero-order valence-corrected chi connectivity index (χ0v) is 3.78. The van der Waals surface area contributed by atoms with E-state index >= 15 is 0 Å². The third-order valence-corrected chi connectivity index (χ3v) is 0.1000. The topological polar surface area (TPSA) is 80.9 Å². The summed E-state index contributed by atoms with van der Waals surface area (Å²) in [6.07, 6.45) is 0. The van der Waals surface area contributed by atoms with E-state index in [2.05, 4.69) is 0 Å². The first kappa shape index (κ1) is 10.0. The van der Waals surface area contributed by atoms with E-state index in [1.54, 1.807) is 0 Å². The molecule has 4 N–H and O–H groups in total. The minimum absolute atomic E-state index is 0. The van der Waals surface area contributed by atoms with Crippen LogP contribution in [0.5, 0.6) is 0 Å². The molecule has 0 aliphatic heterocycles. The Hall–Kier alpha value is -0.0951. The van der Waals surface area contributed by atoms with Crippen molar-refractivity contribution in [1.29, 1.82) is 0 Å². The minimum atomic E-state index is -0.125. The van der Waals surface area contributed by atoms with Crippen LogP contribution in [0.1, 0.15) is 0 Å². The molecule has 0 amide bonds. The van der Waals surface area contributed by atoms with E-state index in [0.717, 1.165) is 0 Å². The largest absolute Gasteiger partial charge is 0.482 e. The van der Waals surface area contributed by atoms with Gasteiger partial charge in [0, 0.05) is 0 Å². The first-order valence-corrected chi connectivity index (χ1v) is 1.65. The van der Waals surface area contributed by atoms with Gasteiger partial charge in [0.25, 0.3) is 0 Å². The molecule has 0 heterocycles. The van der Waals surface area contributed by atoms with Crippen LogP contribution in [0.4, 0.5) is 0 Å². The van der Waals surface area contributed by atoms with Gasteiger partial charge in [0.05, 0.1) is 13.2 Å². The van der Waals surface area contributed by atoms with Crippen LogP contribution in [0, 0.1) is 0 Å². The highest BCUT2D eigenvalue weighted by Gasteiger charge is 1.58. The first-order valence-electron chi connectivity index (χ1n) is 1.65. The number of rotatable bonds is 1. The summed E-state index contributed by atoms with van der Waals surface area (Å²) in [6.45, 7) is -0.250. The third-order valence-electron chi connectivity index (χ3n) is 0.1000. The first-order chi connectivity index (χ1) is 3.33. The minimum Gasteiger partial charge on any atom is -0.429 e. The summed E-state index contributed by atoms with van der Waals surface area (Å²) in [7, 11) is 0. The lowest BCUT2D eigenvalue weighted by Gasteiger charge is -1.70.